The van der Waals surface area contributed by atoms with Gasteiger partial charge in [0.2, 0.25) is 0 Å². The smallest absolute Gasteiger partial charge is 0.104 e. The molecule has 0 amide bonds. The summed E-state index contributed by atoms with van der Waals surface area (Å²) < 4.78 is 1.14. The number of aromatic nitrogens is 1. The van der Waals surface area contributed by atoms with Crippen molar-refractivity contribution in [2.24, 2.45) is 0 Å². The van der Waals surface area contributed by atoms with Crippen molar-refractivity contribution in [3.8, 4) is 0 Å². The number of pyridine rings is 1. The van der Waals surface area contributed by atoms with Gasteiger partial charge in [-0.1, -0.05) is 19.4 Å². The third-order valence-electron chi connectivity index (χ3n) is 1.36. The van der Waals surface area contributed by atoms with E-state index < -0.39 is 0 Å². The molecule has 0 aliphatic carbocycles. The second-order valence-electron chi connectivity index (χ2n) is 2.20. The van der Waals surface area contributed by atoms with E-state index in [0.717, 1.165) is 10.1 Å². The van der Waals surface area contributed by atoms with Crippen molar-refractivity contribution in [3.05, 3.63) is 27.6 Å². The lowest BCUT2D eigenvalue weighted by Gasteiger charge is -1.98. The molecule has 0 aromatic carbocycles. The molecule has 0 N–H and O–H groups in total. The van der Waals surface area contributed by atoms with E-state index in [1.165, 1.54) is 12.0 Å². The first kappa shape index (κ1) is 7.98. The SMILES string of the molecule is CCCc1cccnc1I. The monoisotopic (exact) mass is 247 g/mol. The third kappa shape index (κ3) is 1.94. The van der Waals surface area contributed by atoms with Crippen molar-refractivity contribution in [3.63, 3.8) is 0 Å². The Bertz CT molecular complexity index is 210. The van der Waals surface area contributed by atoms with Crippen LogP contribution in [-0.2, 0) is 6.42 Å². The number of halogens is 1. The van der Waals surface area contributed by atoms with Crippen LogP contribution in [0.3, 0.4) is 0 Å². The Kier molecular flexibility index (Phi) is 3.12. The maximum Gasteiger partial charge on any atom is 0.104 e. The van der Waals surface area contributed by atoms with Crippen molar-refractivity contribution in [1.29, 1.82) is 0 Å². The van der Waals surface area contributed by atoms with Crippen molar-refractivity contribution in [1.82, 2.24) is 4.98 Å². The van der Waals surface area contributed by atoms with Crippen molar-refractivity contribution in [2.75, 3.05) is 0 Å². The van der Waals surface area contributed by atoms with Crippen LogP contribution in [0.4, 0.5) is 0 Å². The summed E-state index contributed by atoms with van der Waals surface area (Å²) in [6.07, 6.45) is 4.18. The first-order chi connectivity index (χ1) is 4.84. The van der Waals surface area contributed by atoms with E-state index in [9.17, 15) is 0 Å². The average molecular weight is 247 g/mol. The maximum atomic E-state index is 4.18. The van der Waals surface area contributed by atoms with Crippen LogP contribution < -0.4 is 0 Å². The molecule has 1 aromatic rings. The molecule has 0 aliphatic heterocycles. The second-order valence-corrected chi connectivity index (χ2v) is 3.23. The van der Waals surface area contributed by atoms with Gasteiger partial charge in [0.25, 0.3) is 0 Å². The molecule has 54 valence electrons. The van der Waals surface area contributed by atoms with Crippen molar-refractivity contribution < 1.29 is 0 Å². The minimum Gasteiger partial charge on any atom is -0.250 e. The van der Waals surface area contributed by atoms with Gasteiger partial charge in [-0.15, -0.1) is 0 Å². The predicted octanol–water partition coefficient (Wildman–Crippen LogP) is 2.64. The highest BCUT2D eigenvalue weighted by atomic mass is 127. The molecule has 0 aliphatic rings. The van der Waals surface area contributed by atoms with Crippen molar-refractivity contribution >= 4 is 22.6 Å². The molecule has 0 fully saturated rings. The van der Waals surface area contributed by atoms with Crippen LogP contribution in [0.5, 0.6) is 0 Å². The number of hydrogen-bond donors (Lipinski definition) is 0. The largest absolute Gasteiger partial charge is 0.250 e. The molecule has 0 bridgehead atoms. The molecule has 1 rings (SSSR count). The lowest BCUT2D eigenvalue weighted by molar-refractivity contribution is 0.905. The van der Waals surface area contributed by atoms with Gasteiger partial charge in [-0.2, -0.15) is 0 Å². The lowest BCUT2D eigenvalue weighted by Crippen LogP contribution is -1.89. The van der Waals surface area contributed by atoms with Crippen LogP contribution in [0.25, 0.3) is 0 Å². The summed E-state index contributed by atoms with van der Waals surface area (Å²) in [4.78, 5) is 4.18. The van der Waals surface area contributed by atoms with Gasteiger partial charge in [-0.05, 0) is 40.6 Å². The highest BCUT2D eigenvalue weighted by molar-refractivity contribution is 14.1. The number of nitrogens with zero attached hydrogens (tertiary/aromatic N) is 1. The minimum absolute atomic E-state index is 1.14. The zero-order chi connectivity index (χ0) is 7.40. The molecule has 0 unspecified atom stereocenters. The quantitative estimate of drug-likeness (QED) is 0.578. The highest BCUT2D eigenvalue weighted by Gasteiger charge is 1.95. The number of rotatable bonds is 2. The average Bonchev–Trinajstić information content (AvgIpc) is 1.94. The van der Waals surface area contributed by atoms with Crippen LogP contribution in [0.2, 0.25) is 0 Å². The fourth-order valence-electron chi connectivity index (χ4n) is 0.875. The summed E-state index contributed by atoms with van der Waals surface area (Å²) in [5, 5.41) is 0. The van der Waals surface area contributed by atoms with Gasteiger partial charge < -0.3 is 0 Å². The first-order valence-corrected chi connectivity index (χ1v) is 4.52. The molecule has 10 heavy (non-hydrogen) atoms. The van der Waals surface area contributed by atoms with Crippen LogP contribution in [-0.4, -0.2) is 4.98 Å². The number of hydrogen-bond acceptors (Lipinski definition) is 1. The van der Waals surface area contributed by atoms with Gasteiger partial charge in [0.1, 0.15) is 3.70 Å². The fourth-order valence-corrected chi connectivity index (χ4v) is 1.49. The van der Waals surface area contributed by atoms with Crippen molar-refractivity contribution in [2.45, 2.75) is 19.8 Å². The molecule has 2 heteroatoms. The van der Waals surface area contributed by atoms with Crippen LogP contribution in [0.15, 0.2) is 18.3 Å². The highest BCUT2D eigenvalue weighted by Crippen LogP contribution is 2.09. The summed E-state index contributed by atoms with van der Waals surface area (Å²) >= 11 is 2.27. The van der Waals surface area contributed by atoms with Gasteiger partial charge in [-0.25, -0.2) is 0 Å². The Morgan fingerprint density at radius 1 is 1.60 bits per heavy atom. The van der Waals surface area contributed by atoms with Gasteiger partial charge in [0.15, 0.2) is 0 Å². The summed E-state index contributed by atoms with van der Waals surface area (Å²) in [6, 6.07) is 4.13. The lowest BCUT2D eigenvalue weighted by atomic mass is 10.2. The molecule has 0 saturated carbocycles. The Labute approximate surface area is 75.0 Å². The van der Waals surface area contributed by atoms with Gasteiger partial charge in [0.05, 0.1) is 0 Å². The summed E-state index contributed by atoms with van der Waals surface area (Å²) in [6.45, 7) is 2.18. The van der Waals surface area contributed by atoms with E-state index in [4.69, 9.17) is 0 Å². The molecule has 0 radical (unpaired) electrons. The van der Waals surface area contributed by atoms with Gasteiger partial charge in [0, 0.05) is 6.20 Å². The molecule has 1 heterocycles. The fraction of sp³-hybridized carbons (Fsp3) is 0.375. The van der Waals surface area contributed by atoms with E-state index >= 15 is 0 Å². The van der Waals surface area contributed by atoms with E-state index in [1.54, 1.807) is 0 Å². The third-order valence-corrected chi connectivity index (χ3v) is 2.33. The zero-order valence-corrected chi connectivity index (χ0v) is 8.13. The van der Waals surface area contributed by atoms with Gasteiger partial charge in [-0.3, -0.25) is 4.98 Å². The molecule has 1 nitrogen and oxygen atoms in total. The Morgan fingerprint density at radius 2 is 2.40 bits per heavy atom. The first-order valence-electron chi connectivity index (χ1n) is 3.44. The maximum absolute atomic E-state index is 4.18. The van der Waals surface area contributed by atoms with Crippen LogP contribution in [0, 0.1) is 3.70 Å². The molecule has 0 saturated heterocycles. The van der Waals surface area contributed by atoms with E-state index in [1.807, 2.05) is 12.3 Å². The van der Waals surface area contributed by atoms with E-state index in [0.29, 0.717) is 0 Å². The topological polar surface area (TPSA) is 12.9 Å². The zero-order valence-electron chi connectivity index (χ0n) is 5.97. The van der Waals surface area contributed by atoms with Gasteiger partial charge >= 0.3 is 0 Å². The Morgan fingerprint density at radius 3 is 3.00 bits per heavy atom. The minimum atomic E-state index is 1.14. The molecular formula is C8H10IN. The summed E-state index contributed by atoms with van der Waals surface area (Å²) in [7, 11) is 0. The Balaban J connectivity index is 2.81. The second kappa shape index (κ2) is 3.91. The normalized spacial score (nSPS) is 9.80. The van der Waals surface area contributed by atoms with Crippen LogP contribution >= 0.6 is 22.6 Å². The predicted molar refractivity (Wildman–Crippen MR) is 50.9 cm³/mol. The molecular weight excluding hydrogens is 237 g/mol. The molecule has 1 aromatic heterocycles. The van der Waals surface area contributed by atoms with E-state index in [2.05, 4.69) is 40.6 Å². The Hall–Kier alpha value is -0.120. The van der Waals surface area contributed by atoms with E-state index in [-0.39, 0.29) is 0 Å². The molecule has 0 spiro atoms. The summed E-state index contributed by atoms with van der Waals surface area (Å²) in [5.41, 5.74) is 1.37. The standard InChI is InChI=1S/C8H10IN/c1-2-4-7-5-3-6-10-8(7)9/h3,5-6H,2,4H2,1H3. The summed E-state index contributed by atoms with van der Waals surface area (Å²) in [5.74, 6) is 0. The van der Waals surface area contributed by atoms with Crippen LogP contribution in [0.1, 0.15) is 18.9 Å². The molecule has 0 atom stereocenters. The number of aryl methyl sites for hydroxylation is 1.